The summed E-state index contributed by atoms with van der Waals surface area (Å²) < 4.78 is 0. The SMILES string of the molecule is O[CH-]CCCCCCCO.[Ti]. The van der Waals surface area contributed by atoms with Crippen molar-refractivity contribution in [3.8, 4) is 0 Å². The van der Waals surface area contributed by atoms with Crippen molar-refractivity contribution in [2.75, 3.05) is 6.61 Å². The Morgan fingerprint density at radius 2 is 1.45 bits per heavy atom. The van der Waals surface area contributed by atoms with Gasteiger partial charge >= 0.3 is 0 Å². The topological polar surface area (TPSA) is 40.5 Å². The average molecular weight is 193 g/mol. The second-order valence-electron chi connectivity index (χ2n) is 2.46. The maximum absolute atomic E-state index is 8.42. The summed E-state index contributed by atoms with van der Waals surface area (Å²) >= 11 is 0. The Morgan fingerprint density at radius 1 is 0.909 bits per heavy atom. The van der Waals surface area contributed by atoms with Crippen molar-refractivity contribution in [3.63, 3.8) is 0 Å². The standard InChI is InChI=1S/C8H17O2.Ti/c9-7-5-3-1-2-4-6-8-10;/h7,9-10H,1-6,8H2;/q-1;. The zero-order chi connectivity index (χ0) is 7.66. The van der Waals surface area contributed by atoms with Gasteiger partial charge in [-0.1, -0.05) is 25.7 Å². The van der Waals surface area contributed by atoms with Crippen LogP contribution >= 0.6 is 0 Å². The third-order valence-electron chi connectivity index (χ3n) is 1.49. The second-order valence-corrected chi connectivity index (χ2v) is 2.46. The molecule has 0 aromatic rings. The van der Waals surface area contributed by atoms with Crippen molar-refractivity contribution in [3.05, 3.63) is 6.61 Å². The molecule has 0 radical (unpaired) electrons. The number of aliphatic hydroxyl groups excluding tert-OH is 2. The Kier molecular flexibility index (Phi) is 17.1. The number of hydrogen-bond donors (Lipinski definition) is 2. The van der Waals surface area contributed by atoms with Crippen LogP contribution in [-0.2, 0) is 21.7 Å². The molecule has 0 saturated carbocycles. The molecule has 0 aliphatic carbocycles. The Morgan fingerprint density at radius 3 is 2.00 bits per heavy atom. The molecule has 0 amide bonds. The van der Waals surface area contributed by atoms with Gasteiger partial charge in [-0.2, -0.15) is 6.42 Å². The molecule has 2 nitrogen and oxygen atoms in total. The third-order valence-corrected chi connectivity index (χ3v) is 1.49. The summed E-state index contributed by atoms with van der Waals surface area (Å²) in [6, 6.07) is 0. The van der Waals surface area contributed by atoms with Crippen molar-refractivity contribution in [1.82, 2.24) is 0 Å². The van der Waals surface area contributed by atoms with E-state index in [0.29, 0.717) is 6.61 Å². The van der Waals surface area contributed by atoms with Crippen LogP contribution in [-0.4, -0.2) is 16.8 Å². The van der Waals surface area contributed by atoms with Gasteiger partial charge in [-0.15, -0.1) is 0 Å². The molecule has 0 aromatic carbocycles. The summed E-state index contributed by atoms with van der Waals surface area (Å²) in [5.41, 5.74) is 0. The molecule has 0 aliphatic heterocycles. The van der Waals surface area contributed by atoms with Crippen LogP contribution in [0.1, 0.15) is 38.5 Å². The number of rotatable bonds is 7. The minimum atomic E-state index is 0. The fraction of sp³-hybridized carbons (Fsp3) is 0.875. The summed E-state index contributed by atoms with van der Waals surface area (Å²) in [7, 11) is 0. The molecule has 66 valence electrons. The smallest absolute Gasteiger partial charge is 0.0431 e. The molecule has 2 N–H and O–H groups in total. The molecule has 0 unspecified atom stereocenters. The van der Waals surface area contributed by atoms with E-state index in [-0.39, 0.29) is 21.7 Å². The van der Waals surface area contributed by atoms with Gasteiger partial charge in [0.25, 0.3) is 0 Å². The van der Waals surface area contributed by atoms with Crippen molar-refractivity contribution < 1.29 is 31.9 Å². The van der Waals surface area contributed by atoms with Crippen LogP contribution < -0.4 is 0 Å². The normalized spacial score (nSPS) is 9.27. The monoisotopic (exact) mass is 193 g/mol. The van der Waals surface area contributed by atoms with Gasteiger partial charge in [-0.25, -0.2) is 6.61 Å². The average Bonchev–Trinajstić information content (AvgIpc) is 1.97. The first kappa shape index (κ1) is 14.2. The number of hydrogen-bond acceptors (Lipinski definition) is 2. The van der Waals surface area contributed by atoms with Gasteiger partial charge in [-0.3, -0.25) is 0 Å². The predicted molar refractivity (Wildman–Crippen MR) is 41.0 cm³/mol. The summed E-state index contributed by atoms with van der Waals surface area (Å²) in [4.78, 5) is 0. The quantitative estimate of drug-likeness (QED) is 0.368. The van der Waals surface area contributed by atoms with E-state index in [1.54, 1.807) is 0 Å². The Bertz CT molecular complexity index is 52.1. The van der Waals surface area contributed by atoms with Crippen molar-refractivity contribution >= 4 is 0 Å². The van der Waals surface area contributed by atoms with E-state index in [0.717, 1.165) is 32.1 Å². The maximum atomic E-state index is 8.42. The van der Waals surface area contributed by atoms with Crippen molar-refractivity contribution in [2.24, 2.45) is 0 Å². The predicted octanol–water partition coefficient (Wildman–Crippen LogP) is 1.85. The Balaban J connectivity index is 0. The zero-order valence-corrected chi connectivity index (χ0v) is 8.48. The van der Waals surface area contributed by atoms with Crippen LogP contribution in [0.15, 0.2) is 0 Å². The van der Waals surface area contributed by atoms with E-state index < -0.39 is 0 Å². The van der Waals surface area contributed by atoms with Gasteiger partial charge in [0.2, 0.25) is 0 Å². The van der Waals surface area contributed by atoms with E-state index in [1.807, 2.05) is 0 Å². The van der Waals surface area contributed by atoms with E-state index >= 15 is 0 Å². The first-order chi connectivity index (χ1) is 4.91. The van der Waals surface area contributed by atoms with E-state index in [4.69, 9.17) is 10.2 Å². The summed E-state index contributed by atoms with van der Waals surface area (Å²) in [5, 5.41) is 16.7. The zero-order valence-electron chi connectivity index (χ0n) is 6.92. The van der Waals surface area contributed by atoms with Crippen LogP contribution in [0.4, 0.5) is 0 Å². The first-order valence-electron chi connectivity index (χ1n) is 3.98. The molecule has 0 rings (SSSR count). The van der Waals surface area contributed by atoms with E-state index in [2.05, 4.69) is 0 Å². The van der Waals surface area contributed by atoms with E-state index in [1.165, 1.54) is 13.0 Å². The van der Waals surface area contributed by atoms with Crippen molar-refractivity contribution in [2.45, 2.75) is 38.5 Å². The molecular formula is C8H17O2Ti-. The largest absolute Gasteiger partial charge is 0.566 e. The molecule has 3 heteroatoms. The molecular weight excluding hydrogens is 176 g/mol. The van der Waals surface area contributed by atoms with Crippen LogP contribution in [0.3, 0.4) is 0 Å². The molecule has 0 spiro atoms. The van der Waals surface area contributed by atoms with Gasteiger partial charge in [0, 0.05) is 28.3 Å². The molecule has 11 heavy (non-hydrogen) atoms. The molecule has 0 heterocycles. The van der Waals surface area contributed by atoms with Crippen LogP contribution in [0, 0.1) is 6.61 Å². The fourth-order valence-corrected chi connectivity index (χ4v) is 0.878. The van der Waals surface area contributed by atoms with Crippen LogP contribution in [0.5, 0.6) is 0 Å². The molecule has 0 saturated heterocycles. The fourth-order valence-electron chi connectivity index (χ4n) is 0.878. The molecule has 0 atom stereocenters. The van der Waals surface area contributed by atoms with Crippen molar-refractivity contribution in [1.29, 1.82) is 0 Å². The summed E-state index contributed by atoms with van der Waals surface area (Å²) in [6.07, 6.45) is 6.25. The second kappa shape index (κ2) is 13.2. The number of aliphatic hydroxyl groups is 2. The third kappa shape index (κ3) is 13.6. The molecule has 0 aromatic heterocycles. The Hall–Kier alpha value is 0.634. The minimum absolute atomic E-state index is 0. The van der Waals surface area contributed by atoms with Gasteiger partial charge in [0.05, 0.1) is 0 Å². The molecule has 0 fully saturated rings. The Labute approximate surface area is 83.9 Å². The van der Waals surface area contributed by atoms with Crippen LogP contribution in [0.25, 0.3) is 0 Å². The van der Waals surface area contributed by atoms with Gasteiger partial charge in [-0.05, 0) is 6.42 Å². The first-order valence-corrected chi connectivity index (χ1v) is 3.98. The minimum Gasteiger partial charge on any atom is -0.566 e. The van der Waals surface area contributed by atoms with Gasteiger partial charge in [0.1, 0.15) is 0 Å². The summed E-state index contributed by atoms with van der Waals surface area (Å²) in [6.45, 7) is 1.53. The summed E-state index contributed by atoms with van der Waals surface area (Å²) in [5.74, 6) is 0. The van der Waals surface area contributed by atoms with Gasteiger partial charge in [0.15, 0.2) is 0 Å². The van der Waals surface area contributed by atoms with Crippen LogP contribution in [0.2, 0.25) is 0 Å². The van der Waals surface area contributed by atoms with E-state index in [9.17, 15) is 0 Å². The molecule has 0 aliphatic rings. The molecule has 0 bridgehead atoms. The number of unbranched alkanes of at least 4 members (excludes halogenated alkanes) is 5. The maximum Gasteiger partial charge on any atom is 0.0431 e. The van der Waals surface area contributed by atoms with Gasteiger partial charge < -0.3 is 10.2 Å².